The molecule has 0 radical (unpaired) electrons. The van der Waals surface area contributed by atoms with Gasteiger partial charge < -0.3 is 14.8 Å². The van der Waals surface area contributed by atoms with Gasteiger partial charge in [0.05, 0.1) is 18.7 Å². The van der Waals surface area contributed by atoms with E-state index in [9.17, 15) is 0 Å². The first-order valence-corrected chi connectivity index (χ1v) is 11.5. The zero-order chi connectivity index (χ0) is 21.3. The maximum Gasteiger partial charge on any atom is 0.132 e. The van der Waals surface area contributed by atoms with Crippen molar-refractivity contribution in [2.45, 2.75) is 39.2 Å². The van der Waals surface area contributed by atoms with Crippen LogP contribution in [0.15, 0.2) is 54.6 Å². The Morgan fingerprint density at radius 3 is 2.71 bits per heavy atom. The number of anilines is 1. The minimum atomic E-state index is 0.637. The Morgan fingerprint density at radius 2 is 1.84 bits per heavy atom. The van der Waals surface area contributed by atoms with Gasteiger partial charge in [0.1, 0.15) is 17.3 Å². The van der Waals surface area contributed by atoms with E-state index in [2.05, 4.69) is 28.4 Å². The molecule has 0 unspecified atom stereocenters. The molecule has 31 heavy (non-hydrogen) atoms. The standard InChI is InChI=1S/C26H33N3O2/c1-2-30-25-19-26(28-24-13-5-4-12-23(24)25)27-14-9-17-31-22-11-8-10-21(18-22)20-29-15-6-3-7-16-29/h4-5,8,10-13,18-19H,2-3,6-7,9,14-17,20H2,1H3,(H,27,28). The summed E-state index contributed by atoms with van der Waals surface area (Å²) in [5.41, 5.74) is 2.28. The van der Waals surface area contributed by atoms with Crippen molar-refractivity contribution in [1.82, 2.24) is 9.88 Å². The molecule has 5 heteroatoms. The van der Waals surface area contributed by atoms with E-state index in [4.69, 9.17) is 14.5 Å². The average Bonchev–Trinajstić information content (AvgIpc) is 2.80. The number of hydrogen-bond acceptors (Lipinski definition) is 5. The number of fused-ring (bicyclic) bond motifs is 1. The molecule has 4 rings (SSSR count). The maximum absolute atomic E-state index is 6.00. The smallest absolute Gasteiger partial charge is 0.132 e. The Hall–Kier alpha value is -2.79. The zero-order valence-electron chi connectivity index (χ0n) is 18.5. The van der Waals surface area contributed by atoms with Gasteiger partial charge in [-0.2, -0.15) is 0 Å². The molecule has 5 nitrogen and oxygen atoms in total. The van der Waals surface area contributed by atoms with Crippen LogP contribution in [0.3, 0.4) is 0 Å². The van der Waals surface area contributed by atoms with Crippen molar-refractivity contribution in [2.24, 2.45) is 0 Å². The van der Waals surface area contributed by atoms with Gasteiger partial charge in [-0.15, -0.1) is 0 Å². The van der Waals surface area contributed by atoms with Crippen molar-refractivity contribution in [2.75, 3.05) is 38.2 Å². The van der Waals surface area contributed by atoms with Gasteiger partial charge in [-0.1, -0.05) is 30.7 Å². The summed E-state index contributed by atoms with van der Waals surface area (Å²) in [6, 6.07) is 18.6. The van der Waals surface area contributed by atoms with E-state index in [1.165, 1.54) is 37.9 Å². The van der Waals surface area contributed by atoms with Gasteiger partial charge in [-0.3, -0.25) is 4.90 Å². The quantitative estimate of drug-likeness (QED) is 0.440. The second-order valence-electron chi connectivity index (χ2n) is 8.07. The number of hydrogen-bond donors (Lipinski definition) is 1. The summed E-state index contributed by atoms with van der Waals surface area (Å²) in [5.74, 6) is 2.67. The molecule has 1 N–H and O–H groups in total. The number of nitrogens with zero attached hydrogens (tertiary/aromatic N) is 2. The number of benzene rings is 2. The third-order valence-corrected chi connectivity index (χ3v) is 5.63. The van der Waals surface area contributed by atoms with E-state index >= 15 is 0 Å². The molecule has 1 saturated heterocycles. The van der Waals surface area contributed by atoms with E-state index in [1.807, 2.05) is 43.3 Å². The first kappa shape index (κ1) is 21.4. The van der Waals surface area contributed by atoms with Crippen LogP contribution in [0.1, 0.15) is 38.2 Å². The highest BCUT2D eigenvalue weighted by Gasteiger charge is 2.11. The van der Waals surface area contributed by atoms with Crippen LogP contribution < -0.4 is 14.8 Å². The van der Waals surface area contributed by atoms with Crippen molar-refractivity contribution < 1.29 is 9.47 Å². The molecule has 0 aliphatic carbocycles. The van der Waals surface area contributed by atoms with Crippen LogP contribution in [0.5, 0.6) is 11.5 Å². The van der Waals surface area contributed by atoms with E-state index in [0.717, 1.165) is 47.7 Å². The Balaban J connectivity index is 1.25. The monoisotopic (exact) mass is 419 g/mol. The molecule has 164 valence electrons. The fourth-order valence-electron chi connectivity index (χ4n) is 4.10. The molecule has 1 aliphatic heterocycles. The maximum atomic E-state index is 6.00. The third kappa shape index (κ3) is 6.11. The van der Waals surface area contributed by atoms with Crippen LogP contribution in [-0.4, -0.2) is 42.7 Å². The summed E-state index contributed by atoms with van der Waals surface area (Å²) in [7, 11) is 0. The Bertz CT molecular complexity index is 970. The van der Waals surface area contributed by atoms with Crippen molar-refractivity contribution in [3.8, 4) is 11.5 Å². The van der Waals surface area contributed by atoms with Crippen LogP contribution >= 0.6 is 0 Å². The first-order chi connectivity index (χ1) is 15.3. The molecular formula is C26H33N3O2. The van der Waals surface area contributed by atoms with Gasteiger partial charge >= 0.3 is 0 Å². The van der Waals surface area contributed by atoms with E-state index in [1.54, 1.807) is 0 Å². The fraction of sp³-hybridized carbons (Fsp3) is 0.423. The number of piperidine rings is 1. The lowest BCUT2D eigenvalue weighted by Crippen LogP contribution is -2.29. The lowest BCUT2D eigenvalue weighted by atomic mass is 10.1. The Labute approximate surface area is 185 Å². The predicted molar refractivity (Wildman–Crippen MR) is 127 cm³/mol. The average molecular weight is 420 g/mol. The molecule has 0 spiro atoms. The molecule has 0 amide bonds. The zero-order valence-corrected chi connectivity index (χ0v) is 18.5. The lowest BCUT2D eigenvalue weighted by Gasteiger charge is -2.26. The highest BCUT2D eigenvalue weighted by Crippen LogP contribution is 2.27. The highest BCUT2D eigenvalue weighted by molar-refractivity contribution is 5.86. The summed E-state index contributed by atoms with van der Waals surface area (Å²) in [6.45, 7) is 7.55. The summed E-state index contributed by atoms with van der Waals surface area (Å²) in [6.07, 6.45) is 4.91. The van der Waals surface area contributed by atoms with Gasteiger partial charge in [0.2, 0.25) is 0 Å². The number of para-hydroxylation sites is 1. The minimum absolute atomic E-state index is 0.637. The van der Waals surface area contributed by atoms with Crippen LogP contribution in [0.4, 0.5) is 5.82 Å². The predicted octanol–water partition coefficient (Wildman–Crippen LogP) is 5.50. The van der Waals surface area contributed by atoms with Crippen LogP contribution in [0.2, 0.25) is 0 Å². The van der Waals surface area contributed by atoms with E-state index in [-0.39, 0.29) is 0 Å². The summed E-state index contributed by atoms with van der Waals surface area (Å²) in [4.78, 5) is 7.25. The number of nitrogens with one attached hydrogen (secondary N) is 1. The fourth-order valence-corrected chi connectivity index (χ4v) is 4.10. The molecule has 0 saturated carbocycles. The normalized spacial score (nSPS) is 14.5. The molecule has 2 heterocycles. The van der Waals surface area contributed by atoms with Crippen LogP contribution in [0, 0.1) is 0 Å². The summed E-state index contributed by atoms with van der Waals surface area (Å²) >= 11 is 0. The number of pyridine rings is 1. The highest BCUT2D eigenvalue weighted by atomic mass is 16.5. The topological polar surface area (TPSA) is 46.6 Å². The van der Waals surface area contributed by atoms with Crippen LogP contribution in [-0.2, 0) is 6.54 Å². The van der Waals surface area contributed by atoms with Crippen molar-refractivity contribution in [1.29, 1.82) is 0 Å². The Morgan fingerprint density at radius 1 is 0.968 bits per heavy atom. The van der Waals surface area contributed by atoms with Crippen molar-refractivity contribution >= 4 is 16.7 Å². The molecule has 1 aromatic heterocycles. The summed E-state index contributed by atoms with van der Waals surface area (Å²) in [5, 5.41) is 4.45. The summed E-state index contributed by atoms with van der Waals surface area (Å²) < 4.78 is 11.8. The molecule has 1 aliphatic rings. The van der Waals surface area contributed by atoms with Gasteiger partial charge in [0.15, 0.2) is 0 Å². The largest absolute Gasteiger partial charge is 0.494 e. The minimum Gasteiger partial charge on any atom is -0.494 e. The van der Waals surface area contributed by atoms with Gasteiger partial charge in [-0.05, 0) is 69.1 Å². The molecule has 3 aromatic rings. The molecule has 0 bridgehead atoms. The SMILES string of the molecule is CCOc1cc(NCCCOc2cccc(CN3CCCCC3)c2)nc2ccccc12. The van der Waals surface area contributed by atoms with E-state index < -0.39 is 0 Å². The number of rotatable bonds is 10. The molecule has 2 aromatic carbocycles. The third-order valence-electron chi connectivity index (χ3n) is 5.63. The lowest BCUT2D eigenvalue weighted by molar-refractivity contribution is 0.220. The van der Waals surface area contributed by atoms with Gasteiger partial charge in [0.25, 0.3) is 0 Å². The van der Waals surface area contributed by atoms with Crippen molar-refractivity contribution in [3.05, 3.63) is 60.2 Å². The molecule has 0 atom stereocenters. The second-order valence-corrected chi connectivity index (χ2v) is 8.07. The van der Waals surface area contributed by atoms with E-state index in [0.29, 0.717) is 13.2 Å². The second kappa shape index (κ2) is 11.0. The number of aromatic nitrogens is 1. The van der Waals surface area contributed by atoms with Crippen LogP contribution in [0.25, 0.3) is 10.9 Å². The van der Waals surface area contributed by atoms with Crippen molar-refractivity contribution in [3.63, 3.8) is 0 Å². The van der Waals surface area contributed by atoms with Gasteiger partial charge in [-0.25, -0.2) is 4.98 Å². The number of ether oxygens (including phenoxy) is 2. The number of likely N-dealkylation sites (tertiary alicyclic amines) is 1. The Kier molecular flexibility index (Phi) is 7.61. The first-order valence-electron chi connectivity index (χ1n) is 11.5. The molecule has 1 fully saturated rings. The van der Waals surface area contributed by atoms with Gasteiger partial charge in [0, 0.05) is 24.5 Å². The molecular weight excluding hydrogens is 386 g/mol.